The average molecular weight is 310 g/mol. The second kappa shape index (κ2) is 7.84. The van der Waals surface area contributed by atoms with Crippen molar-refractivity contribution in [2.45, 2.75) is 20.3 Å². The van der Waals surface area contributed by atoms with Crippen LogP contribution in [0.2, 0.25) is 0 Å². The summed E-state index contributed by atoms with van der Waals surface area (Å²) in [6.07, 6.45) is 4.45. The average Bonchev–Trinajstić information content (AvgIpc) is 2.52. The first kappa shape index (κ1) is 16.4. The normalized spacial score (nSPS) is 10.5. The minimum Gasteiger partial charge on any atom is -0.326 e. The van der Waals surface area contributed by atoms with Gasteiger partial charge in [0.2, 0.25) is 11.8 Å². The first-order chi connectivity index (χ1) is 11.0. The van der Waals surface area contributed by atoms with Gasteiger partial charge in [-0.15, -0.1) is 0 Å². The number of nitrogens with zero attached hydrogens (tertiary/aromatic N) is 2. The number of anilines is 1. The summed E-state index contributed by atoms with van der Waals surface area (Å²) in [5.74, 6) is -0.860. The van der Waals surface area contributed by atoms with Crippen LogP contribution in [0.1, 0.15) is 23.1 Å². The Morgan fingerprint density at radius 3 is 2.52 bits per heavy atom. The molecule has 0 spiro atoms. The maximum absolute atomic E-state index is 11.8. The molecule has 0 aliphatic rings. The van der Waals surface area contributed by atoms with Crippen LogP contribution in [0.3, 0.4) is 0 Å². The lowest BCUT2D eigenvalue weighted by Gasteiger charge is -2.07. The van der Waals surface area contributed by atoms with Crippen LogP contribution in [0.25, 0.3) is 0 Å². The molecule has 0 unspecified atom stereocenters. The van der Waals surface area contributed by atoms with E-state index in [0.717, 1.165) is 16.7 Å². The number of hydrogen-bond acceptors (Lipinski definition) is 4. The van der Waals surface area contributed by atoms with E-state index in [-0.39, 0.29) is 12.3 Å². The summed E-state index contributed by atoms with van der Waals surface area (Å²) in [4.78, 5) is 27.4. The number of amides is 2. The molecule has 0 atom stereocenters. The molecule has 6 heteroatoms. The lowest BCUT2D eigenvalue weighted by Crippen LogP contribution is -2.24. The zero-order valence-electron chi connectivity index (χ0n) is 13.0. The lowest BCUT2D eigenvalue weighted by atomic mass is 10.1. The van der Waals surface area contributed by atoms with E-state index in [4.69, 9.17) is 0 Å². The highest BCUT2D eigenvalue weighted by Gasteiger charge is 2.09. The van der Waals surface area contributed by atoms with E-state index < -0.39 is 5.91 Å². The van der Waals surface area contributed by atoms with Crippen LogP contribution in [-0.4, -0.2) is 23.0 Å². The Morgan fingerprint density at radius 2 is 1.83 bits per heavy atom. The van der Waals surface area contributed by atoms with Crippen LogP contribution in [0.15, 0.2) is 47.8 Å². The predicted octanol–water partition coefficient (Wildman–Crippen LogP) is 2.18. The van der Waals surface area contributed by atoms with Gasteiger partial charge in [-0.3, -0.25) is 14.6 Å². The molecular weight excluding hydrogens is 292 g/mol. The first-order valence-electron chi connectivity index (χ1n) is 7.13. The highest BCUT2D eigenvalue weighted by Crippen LogP contribution is 2.14. The number of hydrogen-bond donors (Lipinski definition) is 2. The van der Waals surface area contributed by atoms with E-state index >= 15 is 0 Å². The summed E-state index contributed by atoms with van der Waals surface area (Å²) in [6, 6.07) is 9.10. The molecule has 0 aliphatic carbocycles. The maximum atomic E-state index is 11.8. The van der Waals surface area contributed by atoms with E-state index in [0.29, 0.717) is 5.69 Å². The topological polar surface area (TPSA) is 83.5 Å². The molecule has 0 fully saturated rings. The fourth-order valence-corrected chi connectivity index (χ4v) is 1.84. The molecule has 118 valence electrons. The molecule has 0 radical (unpaired) electrons. The second-order valence-electron chi connectivity index (χ2n) is 5.10. The number of nitrogens with one attached hydrogen (secondary N) is 2. The predicted molar refractivity (Wildman–Crippen MR) is 89.1 cm³/mol. The van der Waals surface area contributed by atoms with E-state index in [1.165, 1.54) is 6.21 Å². The van der Waals surface area contributed by atoms with Gasteiger partial charge >= 0.3 is 0 Å². The molecule has 1 aromatic carbocycles. The molecule has 2 amide bonds. The van der Waals surface area contributed by atoms with Crippen molar-refractivity contribution in [3.8, 4) is 0 Å². The van der Waals surface area contributed by atoms with E-state index in [1.54, 1.807) is 30.6 Å². The summed E-state index contributed by atoms with van der Waals surface area (Å²) in [5, 5.41) is 6.48. The maximum Gasteiger partial charge on any atom is 0.249 e. The Morgan fingerprint density at radius 1 is 1.09 bits per heavy atom. The number of rotatable bonds is 5. The molecule has 2 rings (SSSR count). The fourth-order valence-electron chi connectivity index (χ4n) is 1.84. The lowest BCUT2D eigenvalue weighted by molar-refractivity contribution is -0.126. The number of hydrazone groups is 1. The van der Waals surface area contributed by atoms with Crippen LogP contribution in [0.4, 0.5) is 5.69 Å². The summed E-state index contributed by atoms with van der Waals surface area (Å²) in [5.41, 5.74) is 6.02. The van der Waals surface area contributed by atoms with Crippen LogP contribution in [0, 0.1) is 13.8 Å². The van der Waals surface area contributed by atoms with Gasteiger partial charge in [-0.25, -0.2) is 5.43 Å². The van der Waals surface area contributed by atoms with E-state index in [1.807, 2.05) is 26.0 Å². The number of carbonyl (C=O) groups is 2. The third-order valence-corrected chi connectivity index (χ3v) is 3.22. The summed E-state index contributed by atoms with van der Waals surface area (Å²) in [6.45, 7) is 3.96. The minimum absolute atomic E-state index is 0.291. The Labute approximate surface area is 134 Å². The van der Waals surface area contributed by atoms with Crippen molar-refractivity contribution in [1.29, 1.82) is 0 Å². The third kappa shape index (κ3) is 5.35. The van der Waals surface area contributed by atoms with Crippen molar-refractivity contribution >= 4 is 23.7 Å². The van der Waals surface area contributed by atoms with Gasteiger partial charge in [0.15, 0.2) is 0 Å². The largest absolute Gasteiger partial charge is 0.326 e. The Balaban J connectivity index is 1.81. The van der Waals surface area contributed by atoms with Gasteiger partial charge in [-0.1, -0.05) is 6.07 Å². The molecule has 0 saturated carbocycles. The van der Waals surface area contributed by atoms with Gasteiger partial charge in [0, 0.05) is 18.1 Å². The molecule has 0 saturated heterocycles. The zero-order chi connectivity index (χ0) is 16.7. The second-order valence-corrected chi connectivity index (χ2v) is 5.10. The molecular formula is C17H18N4O2. The van der Waals surface area contributed by atoms with Crippen LogP contribution >= 0.6 is 0 Å². The first-order valence-corrected chi connectivity index (χ1v) is 7.13. The highest BCUT2D eigenvalue weighted by atomic mass is 16.2. The zero-order valence-corrected chi connectivity index (χ0v) is 13.0. The number of aryl methyl sites for hydroxylation is 2. The smallest absolute Gasteiger partial charge is 0.249 e. The number of aromatic nitrogens is 1. The van der Waals surface area contributed by atoms with Crippen LogP contribution in [-0.2, 0) is 9.59 Å². The van der Waals surface area contributed by atoms with Crippen molar-refractivity contribution in [1.82, 2.24) is 10.4 Å². The van der Waals surface area contributed by atoms with Crippen LogP contribution < -0.4 is 10.7 Å². The van der Waals surface area contributed by atoms with Gasteiger partial charge in [0.05, 0.1) is 6.21 Å². The third-order valence-electron chi connectivity index (χ3n) is 3.22. The number of benzene rings is 1. The molecule has 1 aromatic heterocycles. The van der Waals surface area contributed by atoms with Crippen LogP contribution in [0.5, 0.6) is 0 Å². The van der Waals surface area contributed by atoms with Crippen molar-refractivity contribution in [2.24, 2.45) is 5.10 Å². The summed E-state index contributed by atoms with van der Waals surface area (Å²) < 4.78 is 0. The number of pyridine rings is 1. The minimum atomic E-state index is -0.475. The Bertz CT molecular complexity index is 727. The summed E-state index contributed by atoms with van der Waals surface area (Å²) >= 11 is 0. The van der Waals surface area contributed by atoms with Gasteiger partial charge in [-0.05, 0) is 54.8 Å². The monoisotopic (exact) mass is 310 g/mol. The highest BCUT2D eigenvalue weighted by molar-refractivity contribution is 6.03. The SMILES string of the molecule is Cc1ccc(NC(=O)CC(=O)NN=Cc2ccncc2)cc1C. The van der Waals surface area contributed by atoms with Gasteiger partial charge in [-0.2, -0.15) is 5.10 Å². The molecule has 2 N–H and O–H groups in total. The quantitative estimate of drug-likeness (QED) is 0.504. The van der Waals surface area contributed by atoms with Crippen molar-refractivity contribution < 1.29 is 9.59 Å². The molecule has 0 bridgehead atoms. The van der Waals surface area contributed by atoms with Gasteiger partial charge < -0.3 is 5.32 Å². The Kier molecular flexibility index (Phi) is 5.57. The van der Waals surface area contributed by atoms with Gasteiger partial charge in [0.1, 0.15) is 6.42 Å². The summed E-state index contributed by atoms with van der Waals surface area (Å²) in [7, 11) is 0. The molecule has 6 nitrogen and oxygen atoms in total. The van der Waals surface area contributed by atoms with Crippen molar-refractivity contribution in [3.05, 3.63) is 59.4 Å². The standard InChI is InChI=1S/C17H18N4O2/c1-12-3-4-15(9-13(12)2)20-16(22)10-17(23)21-19-11-14-5-7-18-8-6-14/h3-9,11H,10H2,1-2H3,(H,20,22)(H,21,23). The molecule has 0 aliphatic heterocycles. The molecule has 1 heterocycles. The fraction of sp³-hybridized carbons (Fsp3) is 0.176. The number of carbonyl (C=O) groups excluding carboxylic acids is 2. The van der Waals surface area contributed by atoms with Crippen molar-refractivity contribution in [2.75, 3.05) is 5.32 Å². The molecule has 2 aromatic rings. The van der Waals surface area contributed by atoms with E-state index in [2.05, 4.69) is 20.8 Å². The molecule has 23 heavy (non-hydrogen) atoms. The van der Waals surface area contributed by atoms with E-state index in [9.17, 15) is 9.59 Å². The van der Waals surface area contributed by atoms with Gasteiger partial charge in [0.25, 0.3) is 0 Å². The Hall–Kier alpha value is -3.02. The van der Waals surface area contributed by atoms with Crippen molar-refractivity contribution in [3.63, 3.8) is 0 Å².